The van der Waals surface area contributed by atoms with Crippen molar-refractivity contribution in [2.75, 3.05) is 7.11 Å². The van der Waals surface area contributed by atoms with Crippen LogP contribution in [0.4, 0.5) is 0 Å². The molecule has 1 atom stereocenters. The lowest BCUT2D eigenvalue weighted by Crippen LogP contribution is -2.26. The number of aromatic nitrogens is 3. The number of rotatable bonds is 4. The fraction of sp³-hybridized carbons (Fsp3) is 0.250. The molecular formula is C16H18N4O2. The van der Waals surface area contributed by atoms with Crippen molar-refractivity contribution in [3.63, 3.8) is 0 Å². The van der Waals surface area contributed by atoms with Crippen LogP contribution in [-0.2, 0) is 7.05 Å². The molecule has 0 bridgehead atoms. The van der Waals surface area contributed by atoms with Crippen LogP contribution in [0.15, 0.2) is 36.7 Å². The van der Waals surface area contributed by atoms with Gasteiger partial charge in [0.1, 0.15) is 11.4 Å². The number of nitrogens with one attached hydrogen (secondary N) is 2. The van der Waals surface area contributed by atoms with E-state index in [9.17, 15) is 4.79 Å². The Labute approximate surface area is 128 Å². The first-order valence-electron chi connectivity index (χ1n) is 7.03. The summed E-state index contributed by atoms with van der Waals surface area (Å²) in [6, 6.07) is 7.37. The molecule has 114 valence electrons. The molecule has 1 amide bonds. The van der Waals surface area contributed by atoms with Gasteiger partial charge in [0, 0.05) is 29.7 Å². The van der Waals surface area contributed by atoms with Crippen LogP contribution < -0.4 is 10.1 Å². The maximum absolute atomic E-state index is 12.4. The number of carbonyl (C=O) groups excluding carboxylic acids is 1. The fourth-order valence-electron chi connectivity index (χ4n) is 2.38. The van der Waals surface area contributed by atoms with E-state index < -0.39 is 0 Å². The molecule has 6 heteroatoms. The molecule has 0 saturated heterocycles. The van der Waals surface area contributed by atoms with E-state index in [1.807, 2.05) is 44.4 Å². The Kier molecular flexibility index (Phi) is 3.58. The van der Waals surface area contributed by atoms with E-state index in [0.29, 0.717) is 5.69 Å². The first kappa shape index (κ1) is 14.2. The number of ether oxygens (including phenoxy) is 1. The lowest BCUT2D eigenvalue weighted by atomic mass is 10.2. The van der Waals surface area contributed by atoms with Gasteiger partial charge in [0.05, 0.1) is 19.3 Å². The normalized spacial score (nSPS) is 12.3. The molecule has 6 nitrogen and oxygen atoms in total. The number of aromatic amines is 1. The summed E-state index contributed by atoms with van der Waals surface area (Å²) >= 11 is 0. The largest absolute Gasteiger partial charge is 0.497 e. The minimum Gasteiger partial charge on any atom is -0.497 e. The molecule has 3 rings (SSSR count). The van der Waals surface area contributed by atoms with Crippen LogP contribution in [0.1, 0.15) is 29.0 Å². The van der Waals surface area contributed by atoms with E-state index in [4.69, 9.17) is 4.74 Å². The van der Waals surface area contributed by atoms with Gasteiger partial charge in [-0.05, 0) is 31.2 Å². The zero-order valence-corrected chi connectivity index (χ0v) is 12.8. The molecule has 0 aliphatic heterocycles. The molecular weight excluding hydrogens is 280 g/mol. The van der Waals surface area contributed by atoms with Crippen molar-refractivity contribution in [1.82, 2.24) is 20.1 Å². The molecule has 2 heterocycles. The third kappa shape index (κ3) is 2.67. The Balaban J connectivity index is 1.79. The second kappa shape index (κ2) is 5.55. The Morgan fingerprint density at radius 3 is 2.91 bits per heavy atom. The van der Waals surface area contributed by atoms with E-state index in [2.05, 4.69) is 15.4 Å². The molecule has 0 fully saturated rings. The number of amides is 1. The zero-order valence-electron chi connectivity index (χ0n) is 12.8. The smallest absolute Gasteiger partial charge is 0.268 e. The fourth-order valence-corrected chi connectivity index (χ4v) is 2.38. The van der Waals surface area contributed by atoms with Gasteiger partial charge in [-0.2, -0.15) is 5.10 Å². The van der Waals surface area contributed by atoms with Crippen molar-refractivity contribution in [1.29, 1.82) is 0 Å². The maximum Gasteiger partial charge on any atom is 0.268 e. The number of aryl methyl sites for hydroxylation is 1. The van der Waals surface area contributed by atoms with Gasteiger partial charge in [0.2, 0.25) is 0 Å². The summed E-state index contributed by atoms with van der Waals surface area (Å²) < 4.78 is 6.91. The zero-order chi connectivity index (χ0) is 15.7. The van der Waals surface area contributed by atoms with Gasteiger partial charge in [0.15, 0.2) is 0 Å². The van der Waals surface area contributed by atoms with Crippen LogP contribution >= 0.6 is 0 Å². The average molecular weight is 298 g/mol. The highest BCUT2D eigenvalue weighted by molar-refractivity contribution is 5.98. The third-order valence-corrected chi connectivity index (χ3v) is 3.64. The van der Waals surface area contributed by atoms with Crippen LogP contribution in [0, 0.1) is 0 Å². The summed E-state index contributed by atoms with van der Waals surface area (Å²) in [6.45, 7) is 1.93. The van der Waals surface area contributed by atoms with E-state index in [1.54, 1.807) is 18.0 Å². The third-order valence-electron chi connectivity index (χ3n) is 3.64. The Hall–Kier alpha value is -2.76. The number of H-pyrrole nitrogens is 1. The summed E-state index contributed by atoms with van der Waals surface area (Å²) in [5, 5.41) is 8.02. The summed E-state index contributed by atoms with van der Waals surface area (Å²) in [5.74, 6) is 0.619. The standard InChI is InChI=1S/C16H18N4O2/c1-10(12-8-17-20(2)9-12)18-16(21)15-7-11-6-13(22-3)4-5-14(11)19-15/h4-10,19H,1-3H3,(H,18,21). The van der Waals surface area contributed by atoms with Crippen molar-refractivity contribution in [2.24, 2.45) is 7.05 Å². The molecule has 0 radical (unpaired) electrons. The van der Waals surface area contributed by atoms with E-state index in [1.165, 1.54) is 0 Å². The minimum atomic E-state index is -0.147. The number of carbonyl (C=O) groups is 1. The second-order valence-corrected chi connectivity index (χ2v) is 5.28. The molecule has 3 aromatic rings. The molecule has 1 aromatic carbocycles. The number of nitrogens with zero attached hydrogens (tertiary/aromatic N) is 2. The highest BCUT2D eigenvalue weighted by Gasteiger charge is 2.14. The van der Waals surface area contributed by atoms with E-state index in [-0.39, 0.29) is 11.9 Å². The number of methoxy groups -OCH3 is 1. The molecule has 0 saturated carbocycles. The molecule has 1 unspecified atom stereocenters. The van der Waals surface area contributed by atoms with Gasteiger partial charge < -0.3 is 15.0 Å². The highest BCUT2D eigenvalue weighted by Crippen LogP contribution is 2.22. The first-order chi connectivity index (χ1) is 10.6. The predicted octanol–water partition coefficient (Wildman–Crippen LogP) is 2.40. The summed E-state index contributed by atoms with van der Waals surface area (Å²) in [5.41, 5.74) is 2.40. The summed E-state index contributed by atoms with van der Waals surface area (Å²) in [6.07, 6.45) is 3.64. The van der Waals surface area contributed by atoms with E-state index >= 15 is 0 Å². The quantitative estimate of drug-likeness (QED) is 0.777. The van der Waals surface area contributed by atoms with E-state index in [0.717, 1.165) is 22.2 Å². The molecule has 0 spiro atoms. The number of hydrogen-bond donors (Lipinski definition) is 2. The van der Waals surface area contributed by atoms with Gasteiger partial charge in [-0.3, -0.25) is 9.48 Å². The first-order valence-corrected chi connectivity index (χ1v) is 7.03. The lowest BCUT2D eigenvalue weighted by Gasteiger charge is -2.10. The maximum atomic E-state index is 12.4. The summed E-state index contributed by atoms with van der Waals surface area (Å²) in [7, 11) is 3.47. The summed E-state index contributed by atoms with van der Waals surface area (Å²) in [4.78, 5) is 15.5. The van der Waals surface area contributed by atoms with Crippen molar-refractivity contribution in [3.8, 4) is 5.75 Å². The van der Waals surface area contributed by atoms with Gasteiger partial charge in [-0.25, -0.2) is 0 Å². The van der Waals surface area contributed by atoms with Gasteiger partial charge in [-0.1, -0.05) is 0 Å². The van der Waals surface area contributed by atoms with Crippen LogP contribution in [0.25, 0.3) is 10.9 Å². The molecule has 0 aliphatic carbocycles. The Bertz CT molecular complexity index is 819. The number of fused-ring (bicyclic) bond motifs is 1. The van der Waals surface area contributed by atoms with Crippen molar-refractivity contribution < 1.29 is 9.53 Å². The van der Waals surface area contributed by atoms with Crippen molar-refractivity contribution in [2.45, 2.75) is 13.0 Å². The van der Waals surface area contributed by atoms with Gasteiger partial charge in [0.25, 0.3) is 5.91 Å². The highest BCUT2D eigenvalue weighted by atomic mass is 16.5. The SMILES string of the molecule is COc1ccc2[nH]c(C(=O)NC(C)c3cnn(C)c3)cc2c1. The van der Waals surface area contributed by atoms with Gasteiger partial charge in [-0.15, -0.1) is 0 Å². The van der Waals surface area contributed by atoms with Crippen molar-refractivity contribution >= 4 is 16.8 Å². The number of hydrogen-bond acceptors (Lipinski definition) is 3. The monoisotopic (exact) mass is 298 g/mol. The number of benzene rings is 1. The molecule has 2 aromatic heterocycles. The van der Waals surface area contributed by atoms with Crippen LogP contribution in [-0.4, -0.2) is 27.8 Å². The molecule has 2 N–H and O–H groups in total. The van der Waals surface area contributed by atoms with Gasteiger partial charge >= 0.3 is 0 Å². The molecule has 0 aliphatic rings. The van der Waals surface area contributed by atoms with Crippen LogP contribution in [0.2, 0.25) is 0 Å². The van der Waals surface area contributed by atoms with Crippen molar-refractivity contribution in [3.05, 3.63) is 47.9 Å². The predicted molar refractivity (Wildman–Crippen MR) is 83.9 cm³/mol. The lowest BCUT2D eigenvalue weighted by molar-refractivity contribution is 0.0935. The minimum absolute atomic E-state index is 0.109. The second-order valence-electron chi connectivity index (χ2n) is 5.28. The van der Waals surface area contributed by atoms with Crippen LogP contribution in [0.3, 0.4) is 0 Å². The molecule has 22 heavy (non-hydrogen) atoms. The Morgan fingerprint density at radius 2 is 2.23 bits per heavy atom. The Morgan fingerprint density at radius 1 is 1.41 bits per heavy atom. The average Bonchev–Trinajstić information content (AvgIpc) is 3.12. The van der Waals surface area contributed by atoms with Crippen LogP contribution in [0.5, 0.6) is 5.75 Å². The topological polar surface area (TPSA) is 71.9 Å².